The Morgan fingerprint density at radius 1 is 0.950 bits per heavy atom. The van der Waals surface area contributed by atoms with E-state index in [1.165, 1.54) is 22.3 Å². The Labute approximate surface area is 127 Å². The van der Waals surface area contributed by atoms with Gasteiger partial charge in [-0.05, 0) is 42.5 Å². The maximum absolute atomic E-state index is 6.10. The van der Waals surface area contributed by atoms with E-state index < -0.39 is 0 Å². The standard InChI is InChI=1S/C18H22ClN/c1-14-7-6-8-15(2)18(14)13-20-17(12-19)11-16-9-4-3-5-10-16/h3-10,17,20H,11-13H2,1-2H3. The third kappa shape index (κ3) is 4.09. The van der Waals surface area contributed by atoms with Crippen LogP contribution in [-0.4, -0.2) is 11.9 Å². The molecule has 2 rings (SSSR count). The van der Waals surface area contributed by atoms with E-state index in [0.717, 1.165) is 13.0 Å². The van der Waals surface area contributed by atoms with E-state index in [1.54, 1.807) is 0 Å². The fraction of sp³-hybridized carbons (Fsp3) is 0.333. The highest BCUT2D eigenvalue weighted by Crippen LogP contribution is 2.14. The minimum atomic E-state index is 0.304. The zero-order valence-corrected chi connectivity index (χ0v) is 13.0. The van der Waals surface area contributed by atoms with E-state index in [4.69, 9.17) is 11.6 Å². The van der Waals surface area contributed by atoms with Crippen molar-refractivity contribution in [1.82, 2.24) is 5.32 Å². The summed E-state index contributed by atoms with van der Waals surface area (Å²) >= 11 is 6.10. The molecule has 1 atom stereocenters. The quantitative estimate of drug-likeness (QED) is 0.784. The summed E-state index contributed by atoms with van der Waals surface area (Å²) in [6, 6.07) is 17.2. The van der Waals surface area contributed by atoms with Crippen LogP contribution in [0.2, 0.25) is 0 Å². The lowest BCUT2D eigenvalue weighted by Crippen LogP contribution is -2.32. The molecule has 0 aliphatic heterocycles. The molecule has 106 valence electrons. The van der Waals surface area contributed by atoms with Crippen LogP contribution in [-0.2, 0) is 13.0 Å². The van der Waals surface area contributed by atoms with Crippen molar-refractivity contribution in [3.63, 3.8) is 0 Å². The van der Waals surface area contributed by atoms with E-state index >= 15 is 0 Å². The number of nitrogens with one attached hydrogen (secondary N) is 1. The molecule has 0 bridgehead atoms. The monoisotopic (exact) mass is 287 g/mol. The Hall–Kier alpha value is -1.31. The minimum Gasteiger partial charge on any atom is -0.308 e. The number of aryl methyl sites for hydroxylation is 2. The van der Waals surface area contributed by atoms with E-state index in [-0.39, 0.29) is 0 Å². The van der Waals surface area contributed by atoms with Gasteiger partial charge in [0.05, 0.1) is 0 Å². The molecule has 1 nitrogen and oxygen atoms in total. The summed E-state index contributed by atoms with van der Waals surface area (Å²) in [4.78, 5) is 0. The Bertz CT molecular complexity index is 516. The van der Waals surface area contributed by atoms with Crippen molar-refractivity contribution in [3.05, 3.63) is 70.8 Å². The first kappa shape index (κ1) is 15.1. The van der Waals surface area contributed by atoms with Gasteiger partial charge in [0.1, 0.15) is 0 Å². The molecule has 0 saturated carbocycles. The molecule has 0 saturated heterocycles. The fourth-order valence-electron chi connectivity index (χ4n) is 2.45. The van der Waals surface area contributed by atoms with Gasteiger partial charge in [-0.15, -0.1) is 11.6 Å². The third-order valence-corrected chi connectivity index (χ3v) is 4.10. The molecule has 0 fully saturated rings. The summed E-state index contributed by atoms with van der Waals surface area (Å²) in [5, 5.41) is 3.58. The third-order valence-electron chi connectivity index (χ3n) is 3.72. The van der Waals surface area contributed by atoms with Gasteiger partial charge in [0.2, 0.25) is 0 Å². The molecule has 0 radical (unpaired) electrons. The van der Waals surface area contributed by atoms with Crippen LogP contribution in [0, 0.1) is 13.8 Å². The SMILES string of the molecule is Cc1cccc(C)c1CNC(CCl)Cc1ccccc1. The van der Waals surface area contributed by atoms with E-state index in [9.17, 15) is 0 Å². The van der Waals surface area contributed by atoms with Crippen LogP contribution in [0.15, 0.2) is 48.5 Å². The van der Waals surface area contributed by atoms with Gasteiger partial charge in [-0.1, -0.05) is 48.5 Å². The van der Waals surface area contributed by atoms with Crippen LogP contribution in [0.25, 0.3) is 0 Å². The molecule has 2 aromatic rings. The highest BCUT2D eigenvalue weighted by atomic mass is 35.5. The molecule has 0 aromatic heterocycles. The molecular formula is C18H22ClN. The lowest BCUT2D eigenvalue weighted by molar-refractivity contribution is 0.548. The molecule has 20 heavy (non-hydrogen) atoms. The predicted octanol–water partition coefficient (Wildman–Crippen LogP) is 4.24. The first-order valence-electron chi connectivity index (χ1n) is 7.09. The number of rotatable bonds is 6. The first-order valence-corrected chi connectivity index (χ1v) is 7.62. The van der Waals surface area contributed by atoms with Crippen molar-refractivity contribution in [2.75, 3.05) is 5.88 Å². The van der Waals surface area contributed by atoms with Crippen molar-refractivity contribution in [2.24, 2.45) is 0 Å². The average Bonchev–Trinajstić information content (AvgIpc) is 2.46. The van der Waals surface area contributed by atoms with Gasteiger partial charge >= 0.3 is 0 Å². The van der Waals surface area contributed by atoms with Gasteiger partial charge in [-0.25, -0.2) is 0 Å². The molecule has 0 heterocycles. The molecule has 2 heteroatoms. The highest BCUT2D eigenvalue weighted by Gasteiger charge is 2.09. The summed E-state index contributed by atoms with van der Waals surface area (Å²) < 4.78 is 0. The molecule has 1 N–H and O–H groups in total. The summed E-state index contributed by atoms with van der Waals surface area (Å²) in [6.45, 7) is 5.20. The summed E-state index contributed by atoms with van der Waals surface area (Å²) in [6.07, 6.45) is 0.968. The fourth-order valence-corrected chi connectivity index (χ4v) is 2.67. The van der Waals surface area contributed by atoms with Crippen molar-refractivity contribution in [3.8, 4) is 0 Å². The van der Waals surface area contributed by atoms with E-state index in [0.29, 0.717) is 11.9 Å². The summed E-state index contributed by atoms with van der Waals surface area (Å²) in [5.74, 6) is 0.625. The van der Waals surface area contributed by atoms with Crippen molar-refractivity contribution >= 4 is 11.6 Å². The Morgan fingerprint density at radius 2 is 1.60 bits per heavy atom. The maximum Gasteiger partial charge on any atom is 0.0380 e. The molecule has 1 unspecified atom stereocenters. The summed E-state index contributed by atoms with van der Waals surface area (Å²) in [5.41, 5.74) is 5.39. The first-order chi connectivity index (χ1) is 9.70. The van der Waals surface area contributed by atoms with Gasteiger partial charge < -0.3 is 5.32 Å². The lowest BCUT2D eigenvalue weighted by atomic mass is 10.0. The van der Waals surface area contributed by atoms with Crippen LogP contribution in [0.1, 0.15) is 22.3 Å². The summed E-state index contributed by atoms with van der Waals surface area (Å²) in [7, 11) is 0. The normalized spacial score (nSPS) is 12.3. The van der Waals surface area contributed by atoms with Gasteiger partial charge in [0.25, 0.3) is 0 Å². The Morgan fingerprint density at radius 3 is 2.20 bits per heavy atom. The highest BCUT2D eigenvalue weighted by molar-refractivity contribution is 6.18. The van der Waals surface area contributed by atoms with Crippen molar-refractivity contribution < 1.29 is 0 Å². The minimum absolute atomic E-state index is 0.304. The van der Waals surface area contributed by atoms with Gasteiger partial charge in [-0.2, -0.15) is 0 Å². The largest absolute Gasteiger partial charge is 0.308 e. The Kier molecular flexibility index (Phi) is 5.63. The Balaban J connectivity index is 1.97. The van der Waals surface area contributed by atoms with Gasteiger partial charge in [0.15, 0.2) is 0 Å². The van der Waals surface area contributed by atoms with Crippen LogP contribution in [0.5, 0.6) is 0 Å². The van der Waals surface area contributed by atoms with Gasteiger partial charge in [-0.3, -0.25) is 0 Å². The predicted molar refractivity (Wildman–Crippen MR) is 87.4 cm³/mol. The van der Waals surface area contributed by atoms with Gasteiger partial charge in [0, 0.05) is 18.5 Å². The van der Waals surface area contributed by atoms with Crippen LogP contribution < -0.4 is 5.32 Å². The second-order valence-electron chi connectivity index (χ2n) is 5.29. The van der Waals surface area contributed by atoms with Crippen molar-refractivity contribution in [2.45, 2.75) is 32.9 Å². The van der Waals surface area contributed by atoms with Crippen molar-refractivity contribution in [1.29, 1.82) is 0 Å². The number of halogens is 1. The zero-order valence-electron chi connectivity index (χ0n) is 12.2. The zero-order chi connectivity index (χ0) is 14.4. The topological polar surface area (TPSA) is 12.0 Å². The maximum atomic E-state index is 6.10. The molecular weight excluding hydrogens is 266 g/mol. The molecule has 0 aliphatic carbocycles. The van der Waals surface area contributed by atoms with E-state index in [2.05, 4.69) is 61.6 Å². The second kappa shape index (κ2) is 7.47. The molecule has 0 aliphatic rings. The number of benzene rings is 2. The number of hydrogen-bond donors (Lipinski definition) is 1. The number of hydrogen-bond acceptors (Lipinski definition) is 1. The average molecular weight is 288 g/mol. The van der Waals surface area contributed by atoms with Crippen LogP contribution in [0.3, 0.4) is 0 Å². The molecule has 2 aromatic carbocycles. The van der Waals surface area contributed by atoms with Crippen LogP contribution in [0.4, 0.5) is 0 Å². The molecule has 0 amide bonds. The number of alkyl halides is 1. The van der Waals surface area contributed by atoms with E-state index in [1.807, 2.05) is 6.07 Å². The second-order valence-corrected chi connectivity index (χ2v) is 5.60. The lowest BCUT2D eigenvalue weighted by Gasteiger charge is -2.18. The van der Waals surface area contributed by atoms with Crippen LogP contribution >= 0.6 is 11.6 Å². The molecule has 0 spiro atoms. The smallest absolute Gasteiger partial charge is 0.0380 e.